The topological polar surface area (TPSA) is 67.9 Å². The number of carbonyl (C=O) groups excluding carboxylic acids is 2. The van der Waals surface area contributed by atoms with E-state index in [1.165, 1.54) is 0 Å². The Balaban J connectivity index is 1.53. The van der Waals surface area contributed by atoms with Gasteiger partial charge >= 0.3 is 0 Å². The number of thioether (sulfide) groups is 1. The Morgan fingerprint density at radius 3 is 2.62 bits per heavy atom. The second-order valence-electron chi connectivity index (χ2n) is 7.14. The van der Waals surface area contributed by atoms with Crippen LogP contribution in [0.1, 0.15) is 28.2 Å². The summed E-state index contributed by atoms with van der Waals surface area (Å²) in [4.78, 5) is 27.1. The number of anilines is 2. The lowest BCUT2D eigenvalue weighted by Crippen LogP contribution is -2.28. The Morgan fingerprint density at radius 2 is 1.88 bits per heavy atom. The van der Waals surface area contributed by atoms with Crippen molar-refractivity contribution in [2.45, 2.75) is 12.3 Å². The predicted octanol–water partition coefficient (Wildman–Crippen LogP) is 5.12. The number of hydrogen-bond donors (Lipinski definition) is 1. The number of nitrogens with one attached hydrogen (secondary N) is 1. The number of benzene rings is 3. The third-order valence-electron chi connectivity index (χ3n) is 5.08. The van der Waals surface area contributed by atoms with Gasteiger partial charge in [-0.05, 0) is 55.0 Å². The Labute approximate surface area is 191 Å². The summed E-state index contributed by atoms with van der Waals surface area (Å²) in [6.07, 6.45) is 0. The van der Waals surface area contributed by atoms with Crippen LogP contribution in [0.15, 0.2) is 72.8 Å². The largest absolute Gasteiger partial charge is 0.497 e. The third kappa shape index (κ3) is 4.57. The molecule has 0 bridgehead atoms. The molecule has 3 aromatic carbocycles. The van der Waals surface area contributed by atoms with Crippen molar-refractivity contribution in [2.75, 3.05) is 29.7 Å². The van der Waals surface area contributed by atoms with Crippen molar-refractivity contribution in [3.63, 3.8) is 0 Å². The molecule has 1 aliphatic heterocycles. The minimum absolute atomic E-state index is 0.0440. The second-order valence-corrected chi connectivity index (χ2v) is 8.20. The van der Waals surface area contributed by atoms with Gasteiger partial charge in [0.05, 0.1) is 25.2 Å². The van der Waals surface area contributed by atoms with Gasteiger partial charge in [-0.3, -0.25) is 14.5 Å². The molecule has 0 aromatic heterocycles. The monoisotopic (exact) mass is 448 g/mol. The highest BCUT2D eigenvalue weighted by Gasteiger charge is 2.35. The van der Waals surface area contributed by atoms with Gasteiger partial charge in [0.2, 0.25) is 5.91 Å². The fraction of sp³-hybridized carbons (Fsp3) is 0.200. The lowest BCUT2D eigenvalue weighted by molar-refractivity contribution is -0.115. The predicted molar refractivity (Wildman–Crippen MR) is 128 cm³/mol. The molecule has 0 spiro atoms. The molecule has 164 valence electrons. The summed E-state index contributed by atoms with van der Waals surface area (Å²) in [5, 5.41) is 2.74. The molecule has 32 heavy (non-hydrogen) atoms. The van der Waals surface area contributed by atoms with E-state index in [9.17, 15) is 9.59 Å². The number of rotatable bonds is 7. The van der Waals surface area contributed by atoms with Gasteiger partial charge in [0.25, 0.3) is 5.91 Å². The smallest absolute Gasteiger partial charge is 0.255 e. The third-order valence-corrected chi connectivity index (χ3v) is 6.29. The van der Waals surface area contributed by atoms with Gasteiger partial charge in [-0.2, -0.15) is 0 Å². The van der Waals surface area contributed by atoms with Crippen LogP contribution in [0.4, 0.5) is 11.4 Å². The van der Waals surface area contributed by atoms with E-state index < -0.39 is 0 Å². The second kappa shape index (κ2) is 9.78. The maximum absolute atomic E-state index is 12.7. The number of para-hydroxylation sites is 2. The Bertz CT molecular complexity index is 1120. The SMILES string of the molecule is CCOc1ccccc1N1C(=O)CSC1c1ccc(NC(=O)c2cccc(OC)c2)cc1. The molecule has 1 N–H and O–H groups in total. The molecular formula is C25H24N2O4S. The summed E-state index contributed by atoms with van der Waals surface area (Å²) in [6.45, 7) is 2.45. The normalized spacial score (nSPS) is 15.5. The minimum atomic E-state index is -0.214. The fourth-order valence-corrected chi connectivity index (χ4v) is 4.73. The zero-order valence-electron chi connectivity index (χ0n) is 17.9. The first kappa shape index (κ1) is 21.8. The van der Waals surface area contributed by atoms with Gasteiger partial charge in [0, 0.05) is 11.3 Å². The van der Waals surface area contributed by atoms with Crippen LogP contribution in [0.3, 0.4) is 0 Å². The van der Waals surface area contributed by atoms with Crippen LogP contribution in [0.5, 0.6) is 11.5 Å². The van der Waals surface area contributed by atoms with Crippen LogP contribution in [0, 0.1) is 0 Å². The number of carbonyl (C=O) groups is 2. The average molecular weight is 449 g/mol. The van der Waals surface area contributed by atoms with E-state index in [1.54, 1.807) is 48.0 Å². The van der Waals surface area contributed by atoms with Crippen LogP contribution in [-0.2, 0) is 4.79 Å². The molecule has 1 aliphatic rings. The van der Waals surface area contributed by atoms with Crippen LogP contribution in [0.25, 0.3) is 0 Å². The molecule has 1 heterocycles. The van der Waals surface area contributed by atoms with Gasteiger partial charge in [-0.1, -0.05) is 30.3 Å². The number of ether oxygens (including phenoxy) is 2. The van der Waals surface area contributed by atoms with Crippen LogP contribution >= 0.6 is 11.8 Å². The van der Waals surface area contributed by atoms with Gasteiger partial charge in [-0.25, -0.2) is 0 Å². The standard InChI is InChI=1S/C25H24N2O4S/c1-3-31-22-10-5-4-9-21(22)27-23(28)16-32-25(27)17-11-13-19(14-12-17)26-24(29)18-7-6-8-20(15-18)30-2/h4-15,25H,3,16H2,1-2H3,(H,26,29). The highest BCUT2D eigenvalue weighted by atomic mass is 32.2. The first-order valence-electron chi connectivity index (χ1n) is 10.3. The van der Waals surface area contributed by atoms with Gasteiger partial charge in [-0.15, -0.1) is 11.8 Å². The highest BCUT2D eigenvalue weighted by Crippen LogP contribution is 2.44. The van der Waals surface area contributed by atoms with Crippen molar-refractivity contribution in [1.29, 1.82) is 0 Å². The van der Waals surface area contributed by atoms with Gasteiger partial charge in [0.1, 0.15) is 16.9 Å². The Kier molecular flexibility index (Phi) is 6.66. The summed E-state index contributed by atoms with van der Waals surface area (Å²) in [6, 6.07) is 22.2. The summed E-state index contributed by atoms with van der Waals surface area (Å²) < 4.78 is 10.9. The maximum atomic E-state index is 12.7. The molecule has 6 nitrogen and oxygen atoms in total. The molecule has 1 saturated heterocycles. The quantitative estimate of drug-likeness (QED) is 0.543. The van der Waals surface area contributed by atoms with Crippen LogP contribution in [-0.4, -0.2) is 31.3 Å². The van der Waals surface area contributed by atoms with E-state index in [2.05, 4.69) is 5.32 Å². The maximum Gasteiger partial charge on any atom is 0.255 e. The molecule has 0 saturated carbocycles. The summed E-state index contributed by atoms with van der Waals surface area (Å²) >= 11 is 1.57. The minimum Gasteiger partial charge on any atom is -0.497 e. The molecule has 7 heteroatoms. The molecule has 0 radical (unpaired) electrons. The van der Waals surface area contributed by atoms with Gasteiger partial charge in [0.15, 0.2) is 0 Å². The molecule has 1 unspecified atom stereocenters. The van der Waals surface area contributed by atoms with Crippen molar-refractivity contribution < 1.29 is 19.1 Å². The summed E-state index contributed by atoms with van der Waals surface area (Å²) in [5.74, 6) is 1.55. The highest BCUT2D eigenvalue weighted by molar-refractivity contribution is 8.00. The fourth-order valence-electron chi connectivity index (χ4n) is 3.56. The number of methoxy groups -OCH3 is 1. The van der Waals surface area contributed by atoms with E-state index in [4.69, 9.17) is 9.47 Å². The molecule has 3 aromatic rings. The molecule has 2 amide bonds. The summed E-state index contributed by atoms with van der Waals surface area (Å²) in [5.41, 5.74) is 2.94. The van der Waals surface area contributed by atoms with Crippen LogP contribution < -0.4 is 19.7 Å². The zero-order valence-corrected chi connectivity index (χ0v) is 18.7. The lowest BCUT2D eigenvalue weighted by Gasteiger charge is -2.26. The molecule has 1 fully saturated rings. The molecule has 4 rings (SSSR count). The first-order chi connectivity index (χ1) is 15.6. The van der Waals surface area contributed by atoms with E-state index in [0.717, 1.165) is 11.3 Å². The van der Waals surface area contributed by atoms with Crippen molar-refractivity contribution in [2.24, 2.45) is 0 Å². The van der Waals surface area contributed by atoms with Gasteiger partial charge < -0.3 is 14.8 Å². The average Bonchev–Trinajstić information content (AvgIpc) is 3.21. The van der Waals surface area contributed by atoms with Crippen molar-refractivity contribution in [1.82, 2.24) is 0 Å². The van der Waals surface area contributed by atoms with Crippen LogP contribution in [0.2, 0.25) is 0 Å². The van der Waals surface area contributed by atoms with Crippen molar-refractivity contribution in [3.8, 4) is 11.5 Å². The molecule has 1 atom stereocenters. The van der Waals surface area contributed by atoms with E-state index in [-0.39, 0.29) is 17.2 Å². The molecular weight excluding hydrogens is 424 g/mol. The van der Waals surface area contributed by atoms with E-state index in [0.29, 0.717) is 35.1 Å². The Hall–Kier alpha value is -3.45. The first-order valence-corrected chi connectivity index (χ1v) is 11.4. The number of hydrogen-bond acceptors (Lipinski definition) is 5. The molecule has 0 aliphatic carbocycles. The van der Waals surface area contributed by atoms with E-state index in [1.807, 2.05) is 55.5 Å². The number of amides is 2. The van der Waals surface area contributed by atoms with Crippen molar-refractivity contribution >= 4 is 35.0 Å². The van der Waals surface area contributed by atoms with E-state index >= 15 is 0 Å². The number of nitrogens with zero attached hydrogens (tertiary/aromatic N) is 1. The lowest BCUT2D eigenvalue weighted by atomic mass is 10.1. The summed E-state index contributed by atoms with van der Waals surface area (Å²) in [7, 11) is 1.57. The zero-order chi connectivity index (χ0) is 22.5. The Morgan fingerprint density at radius 1 is 1.09 bits per heavy atom. The van der Waals surface area contributed by atoms with Crippen molar-refractivity contribution in [3.05, 3.63) is 83.9 Å².